The molecular weight excluding hydrogens is 715 g/mol. The van der Waals surface area contributed by atoms with Crippen molar-refractivity contribution in [3.05, 3.63) is 11.8 Å². The van der Waals surface area contributed by atoms with Gasteiger partial charge < -0.3 is 60.4 Å². The molecule has 1 amide bonds. The molecule has 11 N–H and O–H groups in total. The standard InChI is InChI=1S/C21H34N7O17P3/c22-17-12-19(25-6-24-17)28(7-26-12)21-16(44-46(32,33)34)14(30)10(42-21)5-40-48(37,38)45-47(35,36)39-4-9-13(29)15-20(41-9)27-3-8(18(23)31)1-2-11(27)43-15/h3,6,9-16,19-21,26,29-30H,1-2,4-5,7H2,(H2,23,31)(H,35,36)(H,37,38)(H2,22,24,25)(H2,32,33,34)/t9-,10-,11-,12?,13-,14-,15-,16-,19+,20-,21-/m1/s1. The average molecular weight is 749 g/mol. The number of amidine groups is 1. The van der Waals surface area contributed by atoms with Gasteiger partial charge in [-0.1, -0.05) is 0 Å². The van der Waals surface area contributed by atoms with Crippen LogP contribution < -0.4 is 16.8 Å². The number of hydrogen-bond donors (Lipinski definition) is 9. The van der Waals surface area contributed by atoms with E-state index in [0.717, 1.165) is 6.34 Å². The summed E-state index contributed by atoms with van der Waals surface area (Å²) in [4.78, 5) is 61.8. The first-order valence-corrected chi connectivity index (χ1v) is 18.8. The Labute approximate surface area is 270 Å². The van der Waals surface area contributed by atoms with Gasteiger partial charge in [-0.3, -0.25) is 28.7 Å². The van der Waals surface area contributed by atoms with Gasteiger partial charge in [-0.05, 0) is 12.8 Å². The summed E-state index contributed by atoms with van der Waals surface area (Å²) in [6.07, 6.45) is -8.95. The number of nitrogens with one attached hydrogen (secondary N) is 1. The second-order valence-corrected chi connectivity index (χ2v) is 15.7. The number of aliphatic hydroxyl groups excluding tert-OH is 2. The number of phosphoric acid groups is 3. The number of hydrogen-bond acceptors (Lipinski definition) is 19. The number of nitrogens with two attached hydrogens (primary N) is 2. The van der Waals surface area contributed by atoms with Crippen molar-refractivity contribution in [1.29, 1.82) is 0 Å². The largest absolute Gasteiger partial charge is 0.481 e. The van der Waals surface area contributed by atoms with Gasteiger partial charge in [0.15, 0.2) is 6.23 Å². The number of aliphatic imine (C=N–C) groups is 2. The van der Waals surface area contributed by atoms with E-state index in [2.05, 4.69) is 19.6 Å². The number of carbonyl (C=O) groups excluding carboxylic acids is 1. The van der Waals surface area contributed by atoms with Gasteiger partial charge in [0.2, 0.25) is 5.91 Å². The minimum Gasteiger partial charge on any atom is -0.387 e. The molecule has 0 bridgehead atoms. The highest BCUT2D eigenvalue weighted by Gasteiger charge is 2.56. The lowest BCUT2D eigenvalue weighted by Crippen LogP contribution is -2.51. The Hall–Kier alpha value is -1.76. The lowest BCUT2D eigenvalue weighted by atomic mass is 10.1. The normalized spacial score (nSPS) is 40.5. The number of fused-ring (bicyclic) bond motifs is 4. The molecule has 0 radical (unpaired) electrons. The van der Waals surface area contributed by atoms with Crippen molar-refractivity contribution in [3.63, 3.8) is 0 Å². The second kappa shape index (κ2) is 13.4. The molecule has 0 aromatic rings. The Balaban J connectivity index is 1.04. The summed E-state index contributed by atoms with van der Waals surface area (Å²) in [5, 5.41) is 24.5. The maximum atomic E-state index is 12.6. The molecule has 270 valence electrons. The van der Waals surface area contributed by atoms with Crippen LogP contribution in [0.5, 0.6) is 0 Å². The van der Waals surface area contributed by atoms with Crippen LogP contribution in [0.2, 0.25) is 0 Å². The van der Waals surface area contributed by atoms with Crippen LogP contribution in [0.4, 0.5) is 0 Å². The summed E-state index contributed by atoms with van der Waals surface area (Å²) < 4.78 is 72.7. The third-order valence-electron chi connectivity index (χ3n) is 8.32. The van der Waals surface area contributed by atoms with Crippen LogP contribution in [0, 0.1) is 0 Å². The fourth-order valence-corrected chi connectivity index (χ4v) is 8.80. The first-order valence-electron chi connectivity index (χ1n) is 14.3. The number of primary amides is 1. The van der Waals surface area contributed by atoms with Gasteiger partial charge in [0.1, 0.15) is 73.5 Å². The molecule has 24 nitrogen and oxygen atoms in total. The average Bonchev–Trinajstić information content (AvgIpc) is 3.73. The molecular formula is C21H34N7O17P3. The zero-order chi connectivity index (χ0) is 34.8. The maximum absolute atomic E-state index is 12.6. The van der Waals surface area contributed by atoms with E-state index in [-0.39, 0.29) is 12.5 Å². The molecule has 0 aliphatic carbocycles. The fourth-order valence-electron chi connectivity index (χ4n) is 6.16. The lowest BCUT2D eigenvalue weighted by molar-refractivity contribution is -0.116. The molecule has 13 atom stereocenters. The highest BCUT2D eigenvalue weighted by atomic mass is 31.3. The minimum atomic E-state index is -5.45. The monoisotopic (exact) mass is 749 g/mol. The molecule has 48 heavy (non-hydrogen) atoms. The quantitative estimate of drug-likeness (QED) is 0.0859. The predicted molar refractivity (Wildman–Crippen MR) is 153 cm³/mol. The Kier molecular flexibility index (Phi) is 10.1. The Bertz CT molecular complexity index is 1510. The van der Waals surface area contributed by atoms with Crippen molar-refractivity contribution in [2.75, 3.05) is 19.9 Å². The van der Waals surface area contributed by atoms with Gasteiger partial charge in [0.25, 0.3) is 0 Å². The summed E-state index contributed by atoms with van der Waals surface area (Å²) in [5.74, 6) is -0.473. The molecule has 6 aliphatic heterocycles. The molecule has 0 aromatic carbocycles. The van der Waals surface area contributed by atoms with Crippen LogP contribution in [-0.4, -0.2) is 145 Å². The van der Waals surface area contributed by atoms with E-state index in [1.807, 2.05) is 0 Å². The second-order valence-electron chi connectivity index (χ2n) is 11.4. The molecule has 27 heteroatoms. The SMILES string of the molecule is NC(=O)C1=CN2[C@@H]3O[C@H](COP(=O)(O)OP(=O)(O)OC[C@H]4O[C@@H](N5CNC6C(N)=NC=N[C@H]65)[C@H](OP(=O)(O)O)[C@@H]4O)[C@@H](O)[C@H]3O[C@@H]2CC1. The van der Waals surface area contributed by atoms with E-state index in [1.54, 1.807) is 4.90 Å². The van der Waals surface area contributed by atoms with Gasteiger partial charge >= 0.3 is 23.5 Å². The third-order valence-corrected chi connectivity index (χ3v) is 11.4. The predicted octanol–water partition coefficient (Wildman–Crippen LogP) is -3.97. The van der Waals surface area contributed by atoms with Gasteiger partial charge in [-0.15, -0.1) is 0 Å². The number of ether oxygens (including phenoxy) is 3. The van der Waals surface area contributed by atoms with E-state index < -0.39 is 110 Å². The molecule has 4 fully saturated rings. The Morgan fingerprint density at radius 3 is 2.31 bits per heavy atom. The third kappa shape index (κ3) is 7.47. The summed E-state index contributed by atoms with van der Waals surface area (Å²) >= 11 is 0. The molecule has 6 rings (SSSR count). The molecule has 0 saturated carbocycles. The van der Waals surface area contributed by atoms with Gasteiger partial charge in [0.05, 0.1) is 19.9 Å². The summed E-state index contributed by atoms with van der Waals surface area (Å²) in [6.45, 7) is -1.83. The zero-order valence-corrected chi connectivity index (χ0v) is 27.2. The van der Waals surface area contributed by atoms with Gasteiger partial charge in [0, 0.05) is 11.8 Å². The lowest BCUT2D eigenvalue weighted by Gasteiger charge is -2.32. The highest BCUT2D eigenvalue weighted by Crippen LogP contribution is 2.61. The van der Waals surface area contributed by atoms with Crippen LogP contribution in [0.1, 0.15) is 12.8 Å². The number of amides is 1. The van der Waals surface area contributed by atoms with Gasteiger partial charge in [-0.25, -0.2) is 23.6 Å². The molecule has 6 heterocycles. The molecule has 6 aliphatic rings. The number of phosphoric ester groups is 3. The van der Waals surface area contributed by atoms with E-state index in [1.165, 1.54) is 11.1 Å². The fraction of sp³-hybridized carbons (Fsp3) is 0.762. The van der Waals surface area contributed by atoms with Crippen molar-refractivity contribution in [2.24, 2.45) is 21.5 Å². The number of rotatable bonds is 12. The number of nitrogens with zero attached hydrogens (tertiary/aromatic N) is 4. The Morgan fingerprint density at radius 2 is 1.67 bits per heavy atom. The minimum absolute atomic E-state index is 0.0156. The number of aliphatic hydroxyl groups is 2. The summed E-state index contributed by atoms with van der Waals surface area (Å²) in [6, 6.07) is -0.609. The summed E-state index contributed by atoms with van der Waals surface area (Å²) in [7, 11) is -16.1. The topological polar surface area (TPSA) is 350 Å². The van der Waals surface area contributed by atoms with Crippen molar-refractivity contribution >= 4 is 41.5 Å². The smallest absolute Gasteiger partial charge is 0.387 e. The molecule has 4 saturated heterocycles. The van der Waals surface area contributed by atoms with Crippen LogP contribution in [0.15, 0.2) is 21.8 Å². The molecule has 0 spiro atoms. The highest BCUT2D eigenvalue weighted by molar-refractivity contribution is 7.61. The van der Waals surface area contributed by atoms with E-state index in [0.29, 0.717) is 18.4 Å². The van der Waals surface area contributed by atoms with Crippen LogP contribution >= 0.6 is 23.5 Å². The summed E-state index contributed by atoms with van der Waals surface area (Å²) in [5.41, 5.74) is 11.5. The van der Waals surface area contributed by atoms with Crippen LogP contribution in [0.25, 0.3) is 0 Å². The van der Waals surface area contributed by atoms with Crippen molar-refractivity contribution in [1.82, 2.24) is 15.1 Å². The van der Waals surface area contributed by atoms with Crippen molar-refractivity contribution in [3.8, 4) is 0 Å². The first kappa shape index (κ1) is 36.0. The molecule has 0 aromatic heterocycles. The zero-order valence-electron chi connectivity index (χ0n) is 24.5. The Morgan fingerprint density at radius 1 is 1.02 bits per heavy atom. The van der Waals surface area contributed by atoms with Crippen LogP contribution in [0.3, 0.4) is 0 Å². The van der Waals surface area contributed by atoms with Crippen molar-refractivity contribution in [2.45, 2.75) is 80.4 Å². The van der Waals surface area contributed by atoms with Crippen LogP contribution in [-0.2, 0) is 50.6 Å². The van der Waals surface area contributed by atoms with Crippen molar-refractivity contribution < 1.29 is 80.4 Å². The maximum Gasteiger partial charge on any atom is 0.481 e. The van der Waals surface area contributed by atoms with E-state index in [4.69, 9.17) is 39.2 Å². The van der Waals surface area contributed by atoms with E-state index >= 15 is 0 Å². The van der Waals surface area contributed by atoms with E-state index in [9.17, 15) is 48.3 Å². The molecule has 3 unspecified atom stereocenters. The van der Waals surface area contributed by atoms with Gasteiger partial charge in [-0.2, -0.15) is 4.31 Å². The first-order chi connectivity index (χ1) is 22.4. The number of carbonyl (C=O) groups is 1.